The average Bonchev–Trinajstić information content (AvgIpc) is 2.90. The fraction of sp³-hybridized carbons (Fsp3) is 0.917. The molecule has 0 aromatic heterocycles. The van der Waals surface area contributed by atoms with Gasteiger partial charge in [0.25, 0.3) is 0 Å². The summed E-state index contributed by atoms with van der Waals surface area (Å²) in [6.07, 6.45) is 0. The zero-order valence-electron chi connectivity index (χ0n) is 12.0. The van der Waals surface area contributed by atoms with Gasteiger partial charge in [0.15, 0.2) is 0 Å². The van der Waals surface area contributed by atoms with Gasteiger partial charge in [-0.2, -0.15) is 0 Å². The summed E-state index contributed by atoms with van der Waals surface area (Å²) < 4.78 is 5.11. The first-order valence-electron chi connectivity index (χ1n) is 6.55. The summed E-state index contributed by atoms with van der Waals surface area (Å²) in [6, 6.07) is 0.458. The smallest absolute Gasteiger partial charge is 0.240 e. The molecule has 0 bridgehead atoms. The van der Waals surface area contributed by atoms with Gasteiger partial charge in [0.05, 0.1) is 12.6 Å². The van der Waals surface area contributed by atoms with Crippen molar-refractivity contribution in [3.63, 3.8) is 0 Å². The van der Waals surface area contributed by atoms with E-state index < -0.39 is 0 Å². The Hall–Kier alpha value is 0.280. The molecule has 2 aliphatic heterocycles. The summed E-state index contributed by atoms with van der Waals surface area (Å²) in [5.41, 5.74) is 0. The first-order chi connectivity index (χ1) is 8.72. The lowest BCUT2D eigenvalue weighted by molar-refractivity contribution is -0.135. The third kappa shape index (κ3) is 5.24. The molecule has 0 aromatic rings. The Morgan fingerprint density at radius 3 is 2.70 bits per heavy atom. The minimum absolute atomic E-state index is 0. The van der Waals surface area contributed by atoms with Gasteiger partial charge < -0.3 is 9.64 Å². The van der Waals surface area contributed by atoms with Crippen LogP contribution >= 0.6 is 36.6 Å². The fourth-order valence-electron chi connectivity index (χ4n) is 2.51. The molecule has 20 heavy (non-hydrogen) atoms. The molecular formula is C12H25Cl2N3O2S. The van der Waals surface area contributed by atoms with Crippen molar-refractivity contribution in [2.24, 2.45) is 0 Å². The van der Waals surface area contributed by atoms with Crippen molar-refractivity contribution in [1.82, 2.24) is 15.1 Å². The third-order valence-electron chi connectivity index (χ3n) is 3.67. The molecular weight excluding hydrogens is 321 g/mol. The van der Waals surface area contributed by atoms with Crippen LogP contribution in [-0.2, 0) is 9.53 Å². The van der Waals surface area contributed by atoms with Gasteiger partial charge in [0.2, 0.25) is 5.91 Å². The molecule has 5 nitrogen and oxygen atoms in total. The van der Waals surface area contributed by atoms with Gasteiger partial charge in [-0.3, -0.25) is 15.0 Å². The number of carbonyl (C=O) groups is 1. The summed E-state index contributed by atoms with van der Waals surface area (Å²) in [5.74, 6) is 2.09. The predicted molar refractivity (Wildman–Crippen MR) is 88.2 cm³/mol. The van der Waals surface area contributed by atoms with Crippen LogP contribution in [0.25, 0.3) is 0 Å². The lowest BCUT2D eigenvalue weighted by Crippen LogP contribution is -2.57. The van der Waals surface area contributed by atoms with Gasteiger partial charge in [-0.05, 0) is 6.92 Å². The van der Waals surface area contributed by atoms with Crippen LogP contribution in [0.4, 0.5) is 0 Å². The summed E-state index contributed by atoms with van der Waals surface area (Å²) >= 11 is 1.80. The van der Waals surface area contributed by atoms with Crippen LogP contribution in [0, 0.1) is 0 Å². The van der Waals surface area contributed by atoms with E-state index in [1.807, 2.05) is 4.90 Å². The Morgan fingerprint density at radius 1 is 1.40 bits per heavy atom. The lowest BCUT2D eigenvalue weighted by Gasteiger charge is -2.40. The van der Waals surface area contributed by atoms with E-state index in [-0.39, 0.29) is 36.8 Å². The summed E-state index contributed by atoms with van der Waals surface area (Å²) in [7, 11) is 1.73. The highest BCUT2D eigenvalue weighted by atomic mass is 35.5. The topological polar surface area (TPSA) is 44.8 Å². The molecule has 2 saturated heterocycles. The van der Waals surface area contributed by atoms with Crippen molar-refractivity contribution in [3.8, 4) is 0 Å². The Balaban J connectivity index is 0.00000180. The molecule has 2 fully saturated rings. The number of nitrogens with zero attached hydrogens (tertiary/aromatic N) is 2. The van der Waals surface area contributed by atoms with Gasteiger partial charge in [-0.15, -0.1) is 36.6 Å². The van der Waals surface area contributed by atoms with E-state index in [1.54, 1.807) is 18.9 Å². The molecule has 120 valence electrons. The van der Waals surface area contributed by atoms with E-state index in [1.165, 1.54) is 0 Å². The highest BCUT2D eigenvalue weighted by Gasteiger charge is 2.31. The highest BCUT2D eigenvalue weighted by molar-refractivity contribution is 7.99. The lowest BCUT2D eigenvalue weighted by atomic mass is 10.1. The minimum Gasteiger partial charge on any atom is -0.383 e. The zero-order valence-corrected chi connectivity index (χ0v) is 14.5. The second kappa shape index (κ2) is 10.1. The largest absolute Gasteiger partial charge is 0.383 e. The van der Waals surface area contributed by atoms with Crippen LogP contribution in [0.15, 0.2) is 0 Å². The maximum atomic E-state index is 12.3. The van der Waals surface area contributed by atoms with Gasteiger partial charge in [-0.1, -0.05) is 0 Å². The van der Waals surface area contributed by atoms with E-state index >= 15 is 0 Å². The van der Waals surface area contributed by atoms with Crippen molar-refractivity contribution in [2.45, 2.75) is 19.0 Å². The van der Waals surface area contributed by atoms with Crippen LogP contribution in [0.5, 0.6) is 0 Å². The number of rotatable bonds is 4. The van der Waals surface area contributed by atoms with Crippen molar-refractivity contribution < 1.29 is 9.53 Å². The Bertz CT molecular complexity index is 294. The molecule has 2 rings (SSSR count). The normalized spacial score (nSPS) is 26.8. The summed E-state index contributed by atoms with van der Waals surface area (Å²) in [4.78, 5) is 16.7. The van der Waals surface area contributed by atoms with E-state index in [9.17, 15) is 4.79 Å². The Morgan fingerprint density at radius 2 is 2.15 bits per heavy atom. The average molecular weight is 346 g/mol. The maximum absolute atomic E-state index is 12.3. The molecule has 2 atom stereocenters. The maximum Gasteiger partial charge on any atom is 0.240 e. The zero-order chi connectivity index (χ0) is 13.0. The molecule has 8 heteroatoms. The number of nitrogens with one attached hydrogen (secondary N) is 1. The number of amides is 1. The number of ether oxygens (including phenoxy) is 1. The number of methoxy groups -OCH3 is 1. The van der Waals surface area contributed by atoms with Gasteiger partial charge in [0.1, 0.15) is 0 Å². The standard InChI is InChI=1S/C12H23N3O2S.2ClH/c1-10-7-15(4-3-14(10)5-6-17-2)12(16)11-8-18-9-13-11;;/h10-11,13H,3-9H2,1-2H3;2*1H. The molecule has 2 heterocycles. The molecule has 0 aliphatic carbocycles. The number of halogens is 2. The van der Waals surface area contributed by atoms with Gasteiger partial charge >= 0.3 is 0 Å². The van der Waals surface area contributed by atoms with Crippen molar-refractivity contribution in [2.75, 3.05) is 51.5 Å². The summed E-state index contributed by atoms with van der Waals surface area (Å²) in [6.45, 7) is 6.54. The highest BCUT2D eigenvalue weighted by Crippen LogP contribution is 2.15. The molecule has 0 saturated carbocycles. The number of carbonyl (C=O) groups excluding carboxylic acids is 1. The Labute approximate surface area is 138 Å². The number of thioether (sulfide) groups is 1. The molecule has 2 aliphatic rings. The first-order valence-corrected chi connectivity index (χ1v) is 7.70. The molecule has 0 spiro atoms. The van der Waals surface area contributed by atoms with Crippen LogP contribution < -0.4 is 5.32 Å². The van der Waals surface area contributed by atoms with E-state index in [0.29, 0.717) is 6.04 Å². The third-order valence-corrected chi connectivity index (χ3v) is 4.61. The van der Waals surface area contributed by atoms with Gasteiger partial charge in [0, 0.05) is 51.0 Å². The number of hydrogen-bond acceptors (Lipinski definition) is 5. The second-order valence-electron chi connectivity index (χ2n) is 4.93. The molecule has 1 N–H and O–H groups in total. The number of hydrogen-bond donors (Lipinski definition) is 1. The van der Waals surface area contributed by atoms with Crippen LogP contribution in [0.1, 0.15) is 6.92 Å². The first kappa shape index (κ1) is 20.3. The molecule has 1 amide bonds. The SMILES string of the molecule is COCCN1CCN(C(=O)C2CSCN2)CC1C.Cl.Cl. The van der Waals surface area contributed by atoms with E-state index in [4.69, 9.17) is 4.74 Å². The Kier molecular flexibility index (Phi) is 10.2. The summed E-state index contributed by atoms with van der Waals surface area (Å²) in [5, 5.41) is 3.25. The van der Waals surface area contributed by atoms with Crippen LogP contribution in [-0.4, -0.2) is 79.3 Å². The van der Waals surface area contributed by atoms with Crippen LogP contribution in [0.2, 0.25) is 0 Å². The fourth-order valence-corrected chi connectivity index (χ4v) is 3.44. The monoisotopic (exact) mass is 345 g/mol. The minimum atomic E-state index is 0. The van der Waals surface area contributed by atoms with E-state index in [2.05, 4.69) is 17.1 Å². The van der Waals surface area contributed by atoms with Crippen molar-refractivity contribution in [3.05, 3.63) is 0 Å². The molecule has 0 aromatic carbocycles. The van der Waals surface area contributed by atoms with E-state index in [0.717, 1.165) is 44.4 Å². The van der Waals surface area contributed by atoms with Crippen molar-refractivity contribution in [1.29, 1.82) is 0 Å². The molecule has 2 unspecified atom stereocenters. The van der Waals surface area contributed by atoms with Crippen molar-refractivity contribution >= 4 is 42.5 Å². The second-order valence-corrected chi connectivity index (χ2v) is 5.96. The number of piperazine rings is 1. The predicted octanol–water partition coefficient (Wildman–Crippen LogP) is 0.672. The van der Waals surface area contributed by atoms with Gasteiger partial charge in [-0.25, -0.2) is 0 Å². The quantitative estimate of drug-likeness (QED) is 0.811. The van der Waals surface area contributed by atoms with Crippen LogP contribution in [0.3, 0.4) is 0 Å². The molecule has 0 radical (unpaired) electrons.